The molecule has 0 bridgehead atoms. The number of halogens is 1. The van der Waals surface area contributed by atoms with E-state index in [-0.39, 0.29) is 5.97 Å². The van der Waals surface area contributed by atoms with Gasteiger partial charge in [-0.05, 0) is 30.2 Å². The molecule has 1 heterocycles. The highest BCUT2D eigenvalue weighted by atomic mass is 79.9. The first-order chi connectivity index (χ1) is 9.69. The van der Waals surface area contributed by atoms with Crippen molar-refractivity contribution < 1.29 is 9.53 Å². The van der Waals surface area contributed by atoms with Crippen LogP contribution in [0.2, 0.25) is 0 Å². The number of imidazole rings is 1. The van der Waals surface area contributed by atoms with E-state index in [2.05, 4.69) is 20.9 Å². The van der Waals surface area contributed by atoms with Gasteiger partial charge in [0, 0.05) is 29.5 Å². The number of ether oxygens (including phenoxy) is 1. The van der Waals surface area contributed by atoms with Gasteiger partial charge >= 0.3 is 5.97 Å². The lowest BCUT2D eigenvalue weighted by molar-refractivity contribution is -0.137. The third-order valence-electron chi connectivity index (χ3n) is 2.69. The third-order valence-corrected chi connectivity index (χ3v) is 3.43. The van der Waals surface area contributed by atoms with Crippen LogP contribution in [-0.2, 0) is 16.1 Å². The van der Waals surface area contributed by atoms with E-state index in [1.165, 1.54) is 6.08 Å². The molecule has 0 aliphatic heterocycles. The first-order valence-corrected chi connectivity index (χ1v) is 7.07. The zero-order valence-electron chi connectivity index (χ0n) is 11.1. The van der Waals surface area contributed by atoms with Crippen LogP contribution in [0.5, 0.6) is 0 Å². The lowest BCUT2D eigenvalue weighted by Crippen LogP contribution is -1.99. The molecule has 0 aliphatic carbocycles. The monoisotopic (exact) mass is 334 g/mol. The number of benzene rings is 1. The van der Waals surface area contributed by atoms with E-state index in [1.54, 1.807) is 25.5 Å². The number of carbonyl (C=O) groups is 1. The van der Waals surface area contributed by atoms with Gasteiger partial charge in [-0.2, -0.15) is 0 Å². The summed E-state index contributed by atoms with van der Waals surface area (Å²) >= 11 is 3.55. The molecular weight excluding hydrogens is 320 g/mol. The summed E-state index contributed by atoms with van der Waals surface area (Å²) < 4.78 is 7.83. The van der Waals surface area contributed by atoms with Gasteiger partial charge in [-0.25, -0.2) is 9.78 Å². The average Bonchev–Trinajstić information content (AvgIpc) is 2.92. The number of aromatic nitrogens is 2. The molecule has 0 fully saturated rings. The minimum atomic E-state index is -0.328. The molecule has 0 aliphatic rings. The highest BCUT2D eigenvalue weighted by molar-refractivity contribution is 9.10. The summed E-state index contributed by atoms with van der Waals surface area (Å²) in [6.07, 6.45) is 8.62. The number of carbonyl (C=O) groups excluding carboxylic acids is 1. The molecule has 0 N–H and O–H groups in total. The van der Waals surface area contributed by atoms with Gasteiger partial charge in [0.15, 0.2) is 0 Å². The van der Waals surface area contributed by atoms with Crippen LogP contribution in [0.3, 0.4) is 0 Å². The number of nitrogens with zero attached hydrogens (tertiary/aromatic N) is 2. The first-order valence-electron chi connectivity index (χ1n) is 6.28. The number of esters is 1. The highest BCUT2D eigenvalue weighted by Gasteiger charge is 2.02. The molecule has 1 aromatic carbocycles. The molecule has 0 amide bonds. The van der Waals surface area contributed by atoms with Gasteiger partial charge in [-0.1, -0.05) is 28.1 Å². The molecule has 104 valence electrons. The summed E-state index contributed by atoms with van der Waals surface area (Å²) in [4.78, 5) is 15.3. The molecule has 0 unspecified atom stereocenters. The maximum absolute atomic E-state index is 11.2. The predicted octanol–water partition coefficient (Wildman–Crippen LogP) is 3.27. The van der Waals surface area contributed by atoms with E-state index >= 15 is 0 Å². The number of hydrogen-bond acceptors (Lipinski definition) is 3. The molecule has 0 spiro atoms. The second-order valence-electron chi connectivity index (χ2n) is 4.17. The van der Waals surface area contributed by atoms with Crippen LogP contribution < -0.4 is 0 Å². The average molecular weight is 335 g/mol. The van der Waals surface area contributed by atoms with Gasteiger partial charge in [0.1, 0.15) is 0 Å². The Morgan fingerprint density at radius 2 is 2.35 bits per heavy atom. The van der Waals surface area contributed by atoms with Crippen molar-refractivity contribution in [2.24, 2.45) is 0 Å². The van der Waals surface area contributed by atoms with E-state index in [4.69, 9.17) is 4.74 Å². The molecule has 5 heteroatoms. The molecule has 2 rings (SSSR count). The Kier molecular flexibility index (Phi) is 5.12. The van der Waals surface area contributed by atoms with Crippen molar-refractivity contribution in [3.8, 4) is 0 Å². The van der Waals surface area contributed by atoms with Gasteiger partial charge in [-0.15, -0.1) is 0 Å². The van der Waals surface area contributed by atoms with E-state index in [0.717, 1.165) is 22.1 Å². The Balaban J connectivity index is 2.07. The molecule has 20 heavy (non-hydrogen) atoms. The van der Waals surface area contributed by atoms with Gasteiger partial charge in [0.05, 0.1) is 12.9 Å². The van der Waals surface area contributed by atoms with Crippen LogP contribution in [-0.4, -0.2) is 22.1 Å². The maximum Gasteiger partial charge on any atom is 0.330 e. The van der Waals surface area contributed by atoms with Crippen LogP contribution in [0.15, 0.2) is 47.5 Å². The SMILES string of the molecule is CCOC(=O)/C=C/c1ccc(Cn2ccnc2)c(Br)c1. The second-order valence-corrected chi connectivity index (χ2v) is 5.03. The fraction of sp³-hybridized carbons (Fsp3) is 0.200. The van der Waals surface area contributed by atoms with Gasteiger partial charge in [0.2, 0.25) is 0 Å². The number of hydrogen-bond donors (Lipinski definition) is 0. The van der Waals surface area contributed by atoms with Gasteiger partial charge in [0.25, 0.3) is 0 Å². The zero-order chi connectivity index (χ0) is 14.4. The summed E-state index contributed by atoms with van der Waals surface area (Å²) in [7, 11) is 0. The third kappa shape index (κ3) is 4.06. The molecule has 0 atom stereocenters. The second kappa shape index (κ2) is 7.05. The van der Waals surface area contributed by atoms with Gasteiger partial charge < -0.3 is 9.30 Å². The predicted molar refractivity (Wildman–Crippen MR) is 81.1 cm³/mol. The molecule has 0 saturated heterocycles. The summed E-state index contributed by atoms with van der Waals surface area (Å²) in [6, 6.07) is 5.96. The van der Waals surface area contributed by atoms with Crippen molar-refractivity contribution in [2.75, 3.05) is 6.61 Å². The lowest BCUT2D eigenvalue weighted by Gasteiger charge is -2.06. The van der Waals surface area contributed by atoms with Crippen LogP contribution in [0.4, 0.5) is 0 Å². The Bertz CT molecular complexity index is 606. The standard InChI is InChI=1S/C15H15BrN2O2/c1-2-20-15(19)6-4-12-3-5-13(14(16)9-12)10-18-8-7-17-11-18/h3-9,11H,2,10H2,1H3/b6-4+. The molecule has 0 saturated carbocycles. The summed E-state index contributed by atoms with van der Waals surface area (Å²) in [5.41, 5.74) is 2.09. The van der Waals surface area contributed by atoms with Crippen LogP contribution in [0.25, 0.3) is 6.08 Å². The fourth-order valence-electron chi connectivity index (χ4n) is 1.73. The van der Waals surface area contributed by atoms with Crippen molar-refractivity contribution in [1.29, 1.82) is 0 Å². The molecule has 1 aromatic heterocycles. The summed E-state index contributed by atoms with van der Waals surface area (Å²) in [5.74, 6) is -0.328. The highest BCUT2D eigenvalue weighted by Crippen LogP contribution is 2.20. The Hall–Kier alpha value is -1.88. The molecular formula is C15H15BrN2O2. The number of rotatable bonds is 5. The van der Waals surface area contributed by atoms with E-state index in [1.807, 2.05) is 29.0 Å². The molecule has 0 radical (unpaired) electrons. The molecule has 4 nitrogen and oxygen atoms in total. The van der Waals surface area contributed by atoms with E-state index in [0.29, 0.717) is 6.61 Å². The van der Waals surface area contributed by atoms with Crippen LogP contribution in [0, 0.1) is 0 Å². The van der Waals surface area contributed by atoms with Crippen molar-refractivity contribution in [3.05, 3.63) is 58.6 Å². The maximum atomic E-state index is 11.2. The van der Waals surface area contributed by atoms with Gasteiger partial charge in [-0.3, -0.25) is 0 Å². The van der Waals surface area contributed by atoms with Crippen molar-refractivity contribution >= 4 is 28.0 Å². The quantitative estimate of drug-likeness (QED) is 0.622. The van der Waals surface area contributed by atoms with E-state index in [9.17, 15) is 4.79 Å². The zero-order valence-corrected chi connectivity index (χ0v) is 12.7. The topological polar surface area (TPSA) is 44.1 Å². The Labute approximate surface area is 126 Å². The van der Waals surface area contributed by atoms with Crippen LogP contribution >= 0.6 is 15.9 Å². The smallest absolute Gasteiger partial charge is 0.330 e. The normalized spacial score (nSPS) is 10.9. The Morgan fingerprint density at radius 1 is 1.50 bits per heavy atom. The van der Waals surface area contributed by atoms with E-state index < -0.39 is 0 Å². The minimum Gasteiger partial charge on any atom is -0.463 e. The minimum absolute atomic E-state index is 0.328. The summed E-state index contributed by atoms with van der Waals surface area (Å²) in [5, 5.41) is 0. The lowest BCUT2D eigenvalue weighted by atomic mass is 10.1. The largest absolute Gasteiger partial charge is 0.463 e. The van der Waals surface area contributed by atoms with Crippen molar-refractivity contribution in [1.82, 2.24) is 9.55 Å². The molecule has 2 aromatic rings. The Morgan fingerprint density at radius 3 is 3.00 bits per heavy atom. The first kappa shape index (κ1) is 14.5. The van der Waals surface area contributed by atoms with Crippen molar-refractivity contribution in [3.63, 3.8) is 0 Å². The summed E-state index contributed by atoms with van der Waals surface area (Å²) in [6.45, 7) is 2.92. The van der Waals surface area contributed by atoms with Crippen molar-refractivity contribution in [2.45, 2.75) is 13.5 Å². The van der Waals surface area contributed by atoms with Crippen LogP contribution in [0.1, 0.15) is 18.1 Å². The fourth-order valence-corrected chi connectivity index (χ4v) is 2.25.